The van der Waals surface area contributed by atoms with Gasteiger partial charge in [0.05, 0.1) is 6.61 Å². The van der Waals surface area contributed by atoms with Crippen molar-refractivity contribution in [2.45, 2.75) is 89.4 Å². The van der Waals surface area contributed by atoms with Gasteiger partial charge in [-0.05, 0) is 53.2 Å². The van der Waals surface area contributed by atoms with E-state index in [1.165, 1.54) is 0 Å². The van der Waals surface area contributed by atoms with Crippen LogP contribution < -0.4 is 4.74 Å². The molecule has 0 radical (unpaired) electrons. The second kappa shape index (κ2) is 12.5. The second-order valence-electron chi connectivity index (χ2n) is 7.98. The predicted molar refractivity (Wildman–Crippen MR) is 121 cm³/mol. The Bertz CT molecular complexity index is 742. The first-order chi connectivity index (χ1) is 13.6. The molecule has 0 saturated carbocycles. The Labute approximate surface area is 179 Å². The van der Waals surface area contributed by atoms with Gasteiger partial charge in [-0.15, -0.1) is 0 Å². The third-order valence-electron chi connectivity index (χ3n) is 4.93. The van der Waals surface area contributed by atoms with Gasteiger partial charge in [0.25, 0.3) is 0 Å². The Morgan fingerprint density at radius 2 is 1.79 bits per heavy atom. The summed E-state index contributed by atoms with van der Waals surface area (Å²) in [5.41, 5.74) is 0.858. The molecule has 0 aliphatic heterocycles. The summed E-state index contributed by atoms with van der Waals surface area (Å²) in [4.78, 5) is 10.9. The van der Waals surface area contributed by atoms with Crippen molar-refractivity contribution >= 4 is 25.6 Å². The van der Waals surface area contributed by atoms with Crippen molar-refractivity contribution in [1.82, 2.24) is 0 Å². The highest BCUT2D eigenvalue weighted by Crippen LogP contribution is 2.37. The summed E-state index contributed by atoms with van der Waals surface area (Å²) in [6.07, 6.45) is 6.50. The van der Waals surface area contributed by atoms with E-state index in [0.29, 0.717) is 18.8 Å². The molecule has 0 aliphatic carbocycles. The van der Waals surface area contributed by atoms with E-state index >= 15 is 0 Å². The monoisotopic (exact) mass is 444 g/mol. The highest BCUT2D eigenvalue weighted by atomic mass is 33.1. The minimum absolute atomic E-state index is 0.0348. The van der Waals surface area contributed by atoms with Gasteiger partial charge in [-0.2, -0.15) is 0 Å². The smallest absolute Gasteiger partial charge is 0.303 e. The van der Waals surface area contributed by atoms with Gasteiger partial charge in [0.15, 0.2) is 0 Å². The number of hydrogen-bond donors (Lipinski definition) is 1. The van der Waals surface area contributed by atoms with Gasteiger partial charge >= 0.3 is 5.97 Å². The fourth-order valence-electron chi connectivity index (χ4n) is 2.99. The average Bonchev–Trinajstić information content (AvgIpc) is 2.65. The zero-order valence-corrected chi connectivity index (χ0v) is 19.8. The van der Waals surface area contributed by atoms with Gasteiger partial charge in [0.2, 0.25) is 8.87 Å². The van der Waals surface area contributed by atoms with Gasteiger partial charge in [-0.3, -0.25) is 4.79 Å². The first-order valence-corrected chi connectivity index (χ1v) is 13.5. The van der Waals surface area contributed by atoms with E-state index < -0.39 is 14.8 Å². The largest absolute Gasteiger partial charge is 0.492 e. The van der Waals surface area contributed by atoms with Crippen LogP contribution in [-0.2, 0) is 19.1 Å². The zero-order valence-electron chi connectivity index (χ0n) is 18.2. The molecular formula is C22H36O5S2. The van der Waals surface area contributed by atoms with E-state index in [1.807, 2.05) is 6.07 Å². The van der Waals surface area contributed by atoms with Gasteiger partial charge in [0, 0.05) is 12.2 Å². The highest BCUT2D eigenvalue weighted by molar-refractivity contribution is 8.72. The molecular weight excluding hydrogens is 408 g/mol. The molecule has 29 heavy (non-hydrogen) atoms. The molecule has 1 aromatic rings. The quantitative estimate of drug-likeness (QED) is 0.263. The van der Waals surface area contributed by atoms with Crippen LogP contribution in [0.3, 0.4) is 0 Å². The summed E-state index contributed by atoms with van der Waals surface area (Å²) in [5, 5.41) is 8.76. The van der Waals surface area contributed by atoms with E-state index in [4.69, 9.17) is 9.84 Å². The zero-order chi connectivity index (χ0) is 21.9. The second-order valence-corrected chi connectivity index (χ2v) is 12.0. The fourth-order valence-corrected chi connectivity index (χ4v) is 6.02. The summed E-state index contributed by atoms with van der Waals surface area (Å²) in [6.45, 7) is 8.99. The third-order valence-corrected chi connectivity index (χ3v) is 8.52. The molecule has 0 saturated heterocycles. The molecule has 0 amide bonds. The molecule has 0 atom stereocenters. The number of rotatable bonds is 15. The number of ether oxygens (including phenoxy) is 1. The van der Waals surface area contributed by atoms with Crippen molar-refractivity contribution in [2.24, 2.45) is 0 Å². The van der Waals surface area contributed by atoms with E-state index in [9.17, 15) is 13.2 Å². The number of aliphatic carboxylic acids is 1. The maximum atomic E-state index is 13.0. The van der Waals surface area contributed by atoms with Crippen LogP contribution in [0.25, 0.3) is 0 Å². The fraction of sp³-hybridized carbons (Fsp3) is 0.682. The molecule has 166 valence electrons. The summed E-state index contributed by atoms with van der Waals surface area (Å²) < 4.78 is 31.8. The third kappa shape index (κ3) is 8.99. The molecule has 0 unspecified atom stereocenters. The average molecular weight is 445 g/mol. The number of benzene rings is 1. The van der Waals surface area contributed by atoms with Crippen LogP contribution in [0.4, 0.5) is 0 Å². The Balaban J connectivity index is 3.11. The topological polar surface area (TPSA) is 80.7 Å². The summed E-state index contributed by atoms with van der Waals surface area (Å²) in [7, 11) is -2.84. The maximum Gasteiger partial charge on any atom is 0.303 e. The van der Waals surface area contributed by atoms with Crippen LogP contribution in [0.2, 0.25) is 0 Å². The SMILES string of the molecule is CCCCCC(C)(C)c1ccc(OCCCC)c(S(=O)(=O)SCCCC(=O)O)c1. The maximum absolute atomic E-state index is 13.0. The van der Waals surface area contributed by atoms with E-state index in [-0.39, 0.29) is 22.5 Å². The summed E-state index contributed by atoms with van der Waals surface area (Å²) in [5.74, 6) is -0.285. The van der Waals surface area contributed by atoms with E-state index in [1.54, 1.807) is 12.1 Å². The van der Waals surface area contributed by atoms with Gasteiger partial charge in [-0.25, -0.2) is 8.42 Å². The Kier molecular flexibility index (Phi) is 11.1. The standard InChI is InChI=1S/C22H36O5S2/c1-5-7-9-14-22(3,4)18-12-13-19(27-15-8-6-2)20(17-18)29(25,26)28-16-10-11-21(23)24/h12-13,17H,5-11,14-16H2,1-4H3,(H,23,24). The highest BCUT2D eigenvalue weighted by Gasteiger charge is 2.26. The normalized spacial score (nSPS) is 12.1. The van der Waals surface area contributed by atoms with Crippen molar-refractivity contribution < 1.29 is 23.1 Å². The molecule has 1 rings (SSSR count). The molecule has 0 bridgehead atoms. The molecule has 5 nitrogen and oxygen atoms in total. The van der Waals surface area contributed by atoms with Crippen molar-refractivity contribution in [3.05, 3.63) is 23.8 Å². The van der Waals surface area contributed by atoms with Crippen LogP contribution in [0, 0.1) is 0 Å². The summed E-state index contributed by atoms with van der Waals surface area (Å²) >= 11 is 0. The first kappa shape index (κ1) is 25.8. The minimum atomic E-state index is -3.64. The molecule has 1 N–H and O–H groups in total. The van der Waals surface area contributed by atoms with Crippen LogP contribution in [0.5, 0.6) is 5.75 Å². The van der Waals surface area contributed by atoms with Crippen molar-refractivity contribution in [2.75, 3.05) is 12.4 Å². The molecule has 0 spiro atoms. The first-order valence-electron chi connectivity index (χ1n) is 10.5. The van der Waals surface area contributed by atoms with Gasteiger partial charge < -0.3 is 9.84 Å². The van der Waals surface area contributed by atoms with Crippen molar-refractivity contribution in [3.63, 3.8) is 0 Å². The van der Waals surface area contributed by atoms with Gasteiger partial charge in [-0.1, -0.05) is 59.4 Å². The summed E-state index contributed by atoms with van der Waals surface area (Å²) in [6, 6.07) is 5.51. The number of carboxylic acid groups (broad SMARTS) is 1. The molecule has 0 aromatic heterocycles. The number of hydrogen-bond acceptors (Lipinski definition) is 5. The van der Waals surface area contributed by atoms with Crippen LogP contribution in [0.15, 0.2) is 23.1 Å². The molecule has 0 fully saturated rings. The molecule has 1 aromatic carbocycles. The Hall–Kier alpha value is -1.21. The molecule has 0 aliphatic rings. The number of carbonyl (C=O) groups is 1. The van der Waals surface area contributed by atoms with E-state index in [2.05, 4.69) is 27.7 Å². The van der Waals surface area contributed by atoms with Crippen LogP contribution in [-0.4, -0.2) is 31.9 Å². The Morgan fingerprint density at radius 1 is 1.10 bits per heavy atom. The molecule has 0 heterocycles. The Morgan fingerprint density at radius 3 is 2.41 bits per heavy atom. The lowest BCUT2D eigenvalue weighted by Gasteiger charge is -2.26. The van der Waals surface area contributed by atoms with Crippen LogP contribution in [0.1, 0.15) is 84.6 Å². The van der Waals surface area contributed by atoms with Gasteiger partial charge in [0.1, 0.15) is 10.6 Å². The minimum Gasteiger partial charge on any atom is -0.492 e. The number of carboxylic acids is 1. The lowest BCUT2D eigenvalue weighted by Crippen LogP contribution is -2.18. The number of unbranched alkanes of at least 4 members (excludes halogenated alkanes) is 3. The van der Waals surface area contributed by atoms with Crippen molar-refractivity contribution in [3.8, 4) is 5.75 Å². The van der Waals surface area contributed by atoms with Crippen molar-refractivity contribution in [1.29, 1.82) is 0 Å². The van der Waals surface area contributed by atoms with Crippen LogP contribution >= 0.6 is 10.8 Å². The lowest BCUT2D eigenvalue weighted by molar-refractivity contribution is -0.137. The molecule has 7 heteroatoms. The predicted octanol–water partition coefficient (Wildman–Crippen LogP) is 6.01. The lowest BCUT2D eigenvalue weighted by atomic mass is 9.80. The van der Waals surface area contributed by atoms with E-state index in [0.717, 1.165) is 54.9 Å².